The van der Waals surface area contributed by atoms with Crippen LogP contribution < -0.4 is 4.18 Å². The fourth-order valence-corrected chi connectivity index (χ4v) is 3.72. The lowest BCUT2D eigenvalue weighted by Crippen LogP contribution is -2.60. The van der Waals surface area contributed by atoms with Crippen molar-refractivity contribution in [3.05, 3.63) is 29.8 Å². The van der Waals surface area contributed by atoms with Crippen molar-refractivity contribution in [1.82, 2.24) is 5.06 Å². The van der Waals surface area contributed by atoms with E-state index in [1.807, 2.05) is 46.8 Å². The van der Waals surface area contributed by atoms with Crippen LogP contribution in [0.4, 0.5) is 0 Å². The van der Waals surface area contributed by atoms with Gasteiger partial charge in [0, 0.05) is 11.1 Å². The van der Waals surface area contributed by atoms with E-state index in [4.69, 9.17) is 8.37 Å². The smallest absolute Gasteiger partial charge is 0.360 e. The van der Waals surface area contributed by atoms with Crippen LogP contribution in [0.25, 0.3) is 0 Å². The Kier molecular flexibility index (Phi) is 4.96. The van der Waals surface area contributed by atoms with Gasteiger partial charge in [0.05, 0.1) is 6.10 Å². The van der Waals surface area contributed by atoms with Crippen molar-refractivity contribution in [1.29, 1.82) is 0 Å². The molecule has 1 aliphatic heterocycles. The molecule has 1 heterocycles. The fourth-order valence-electron chi connectivity index (χ4n) is 3.05. The summed E-state index contributed by atoms with van der Waals surface area (Å²) in [5.74, 6) is 0.516. The lowest BCUT2D eigenvalue weighted by atomic mass is 9.80. The average molecular weight is 327 g/mol. The molecule has 1 N–H and O–H groups in total. The van der Waals surface area contributed by atoms with Crippen LogP contribution in [0, 0.1) is 6.92 Å². The molecular weight excluding hydrogens is 302 g/mol. The van der Waals surface area contributed by atoms with E-state index in [0.29, 0.717) is 18.6 Å². The molecule has 6 heteroatoms. The number of rotatable bonds is 4. The second kappa shape index (κ2) is 6.28. The van der Waals surface area contributed by atoms with Gasteiger partial charge in [0.1, 0.15) is 5.75 Å². The van der Waals surface area contributed by atoms with Crippen molar-refractivity contribution >= 4 is 11.4 Å². The van der Waals surface area contributed by atoms with Crippen molar-refractivity contribution in [2.75, 3.05) is 0 Å². The average Bonchev–Trinajstić information content (AvgIpc) is 2.38. The molecule has 1 aromatic rings. The monoisotopic (exact) mass is 327 g/mol. The van der Waals surface area contributed by atoms with Crippen LogP contribution in [0.5, 0.6) is 5.75 Å². The quantitative estimate of drug-likeness (QED) is 0.918. The van der Waals surface area contributed by atoms with Gasteiger partial charge < -0.3 is 9.39 Å². The Morgan fingerprint density at radius 1 is 1.14 bits per heavy atom. The minimum atomic E-state index is -1.85. The maximum absolute atomic E-state index is 12.1. The zero-order valence-electron chi connectivity index (χ0n) is 13.8. The van der Waals surface area contributed by atoms with E-state index >= 15 is 0 Å². The van der Waals surface area contributed by atoms with Gasteiger partial charge in [-0.15, -0.1) is 0 Å². The van der Waals surface area contributed by atoms with Gasteiger partial charge in [-0.2, -0.15) is 9.27 Å². The number of hydrogen-bond donors (Lipinski definition) is 1. The predicted octanol–water partition coefficient (Wildman–Crippen LogP) is 3.38. The van der Waals surface area contributed by atoms with E-state index in [2.05, 4.69) is 0 Å². The highest BCUT2D eigenvalue weighted by Crippen LogP contribution is 2.38. The van der Waals surface area contributed by atoms with Crippen LogP contribution in [0.2, 0.25) is 0 Å². The number of aryl methyl sites for hydroxylation is 1. The summed E-state index contributed by atoms with van der Waals surface area (Å²) in [6, 6.07) is 7.31. The van der Waals surface area contributed by atoms with Crippen LogP contribution >= 0.6 is 0 Å². The van der Waals surface area contributed by atoms with E-state index in [0.717, 1.165) is 5.56 Å². The molecule has 1 atom stereocenters. The standard InChI is InChI=1S/C16H25NO4S/c1-12-6-8-13(9-7-12)20-22(19)21-14-10-15(2,3)17(18)16(4,5)11-14/h6-9,14,18H,10-11H2,1-5H3. The first kappa shape index (κ1) is 17.4. The Hall–Kier alpha value is -0.950. The zero-order valence-corrected chi connectivity index (χ0v) is 14.6. The Morgan fingerprint density at radius 3 is 2.14 bits per heavy atom. The van der Waals surface area contributed by atoms with E-state index in [1.54, 1.807) is 12.1 Å². The summed E-state index contributed by atoms with van der Waals surface area (Å²) in [5.41, 5.74) is 0.221. The van der Waals surface area contributed by atoms with E-state index < -0.39 is 22.4 Å². The number of hydroxylamine groups is 2. The fraction of sp³-hybridized carbons (Fsp3) is 0.625. The Morgan fingerprint density at radius 2 is 1.64 bits per heavy atom. The molecule has 0 radical (unpaired) electrons. The molecule has 0 saturated carbocycles. The third-order valence-corrected chi connectivity index (χ3v) is 4.76. The Bertz CT molecular complexity index is 524. The van der Waals surface area contributed by atoms with Crippen molar-refractivity contribution < 1.29 is 17.8 Å². The zero-order chi connectivity index (χ0) is 16.5. The Labute approximate surface area is 135 Å². The summed E-state index contributed by atoms with van der Waals surface area (Å²) in [4.78, 5) is 0. The van der Waals surface area contributed by atoms with Crippen LogP contribution in [-0.2, 0) is 15.5 Å². The van der Waals surface area contributed by atoms with Gasteiger partial charge in [-0.3, -0.25) is 4.18 Å². The largest absolute Gasteiger partial charge is 0.380 e. The van der Waals surface area contributed by atoms with E-state index in [9.17, 15) is 9.42 Å². The lowest BCUT2D eigenvalue weighted by Gasteiger charge is -2.50. The van der Waals surface area contributed by atoms with Crippen molar-refractivity contribution in [2.24, 2.45) is 0 Å². The van der Waals surface area contributed by atoms with Gasteiger partial charge in [0.25, 0.3) is 0 Å². The molecule has 1 saturated heterocycles. The predicted molar refractivity (Wildman–Crippen MR) is 85.8 cm³/mol. The SMILES string of the molecule is Cc1ccc(OS(=O)OC2CC(C)(C)N(O)C(C)(C)C2)cc1. The van der Waals surface area contributed by atoms with Crippen molar-refractivity contribution in [2.45, 2.75) is 64.6 Å². The van der Waals surface area contributed by atoms with Gasteiger partial charge in [-0.05, 0) is 59.6 Å². The molecule has 0 aromatic heterocycles. The van der Waals surface area contributed by atoms with Gasteiger partial charge in [0.2, 0.25) is 0 Å². The summed E-state index contributed by atoms with van der Waals surface area (Å²) in [6.07, 6.45) is 0.922. The van der Waals surface area contributed by atoms with Gasteiger partial charge >= 0.3 is 11.4 Å². The highest BCUT2D eigenvalue weighted by Gasteiger charge is 2.46. The number of benzene rings is 1. The summed E-state index contributed by atoms with van der Waals surface area (Å²) in [6.45, 7) is 9.73. The molecule has 0 bridgehead atoms. The van der Waals surface area contributed by atoms with E-state index in [-0.39, 0.29) is 6.10 Å². The number of nitrogens with zero attached hydrogens (tertiary/aromatic N) is 1. The molecule has 22 heavy (non-hydrogen) atoms. The van der Waals surface area contributed by atoms with Crippen LogP contribution in [0.15, 0.2) is 24.3 Å². The minimum Gasteiger partial charge on any atom is -0.380 e. The molecule has 0 aliphatic carbocycles. The first-order valence-corrected chi connectivity index (χ1v) is 8.43. The van der Waals surface area contributed by atoms with Crippen molar-refractivity contribution in [3.63, 3.8) is 0 Å². The van der Waals surface area contributed by atoms with Crippen molar-refractivity contribution in [3.8, 4) is 5.75 Å². The third kappa shape index (κ3) is 4.07. The first-order chi connectivity index (χ1) is 10.1. The van der Waals surface area contributed by atoms with E-state index in [1.165, 1.54) is 5.06 Å². The molecular formula is C16H25NO4S. The van der Waals surface area contributed by atoms with Gasteiger partial charge in [0.15, 0.2) is 0 Å². The number of piperidine rings is 1. The second-order valence-corrected chi connectivity index (χ2v) is 7.93. The molecule has 1 unspecified atom stereocenters. The molecule has 1 fully saturated rings. The summed E-state index contributed by atoms with van der Waals surface area (Å²) < 4.78 is 22.9. The molecule has 0 spiro atoms. The maximum atomic E-state index is 12.1. The third-order valence-electron chi connectivity index (χ3n) is 4.00. The summed E-state index contributed by atoms with van der Waals surface area (Å²) in [5, 5.41) is 11.6. The van der Waals surface area contributed by atoms with Crippen LogP contribution in [0.3, 0.4) is 0 Å². The van der Waals surface area contributed by atoms with Crippen LogP contribution in [0.1, 0.15) is 46.1 Å². The highest BCUT2D eigenvalue weighted by atomic mass is 32.2. The second-order valence-electron chi connectivity index (χ2n) is 7.16. The number of hydrogen-bond acceptors (Lipinski definition) is 5. The van der Waals surface area contributed by atoms with Gasteiger partial charge in [-0.1, -0.05) is 17.7 Å². The molecule has 2 rings (SSSR count). The van der Waals surface area contributed by atoms with Gasteiger partial charge in [-0.25, -0.2) is 0 Å². The lowest BCUT2D eigenvalue weighted by molar-refractivity contribution is -0.254. The first-order valence-electron chi connectivity index (χ1n) is 7.43. The summed E-state index contributed by atoms with van der Waals surface area (Å²) >= 11 is -1.85. The molecule has 1 aromatic carbocycles. The molecule has 0 amide bonds. The highest BCUT2D eigenvalue weighted by molar-refractivity contribution is 7.75. The topological polar surface area (TPSA) is 59.0 Å². The van der Waals surface area contributed by atoms with Crippen LogP contribution in [-0.4, -0.2) is 31.7 Å². The minimum absolute atomic E-state index is 0.236. The molecule has 124 valence electrons. The normalized spacial score (nSPS) is 23.2. The Balaban J connectivity index is 1.98. The summed E-state index contributed by atoms with van der Waals surface area (Å²) in [7, 11) is 0. The molecule has 5 nitrogen and oxygen atoms in total. The molecule has 1 aliphatic rings. The maximum Gasteiger partial charge on any atom is 0.360 e.